The van der Waals surface area contributed by atoms with Gasteiger partial charge in [0.05, 0.1) is 38.0 Å². The summed E-state index contributed by atoms with van der Waals surface area (Å²) >= 11 is 1.89. The van der Waals surface area contributed by atoms with Crippen LogP contribution in [0.4, 0.5) is 0 Å². The van der Waals surface area contributed by atoms with Gasteiger partial charge in [0, 0.05) is 53.2 Å². The summed E-state index contributed by atoms with van der Waals surface area (Å²) in [6, 6.07) is 49.6. The highest BCUT2D eigenvalue weighted by molar-refractivity contribution is 7.26. The highest BCUT2D eigenvalue weighted by Gasteiger charge is 2.21. The molecule has 3 heteroatoms. The Morgan fingerprint density at radius 3 is 1.93 bits per heavy atom. The second-order valence-corrected chi connectivity index (χ2v) is 12.8. The van der Waals surface area contributed by atoms with Crippen LogP contribution in [0.3, 0.4) is 0 Å². The van der Waals surface area contributed by atoms with E-state index in [1.54, 1.807) is 0 Å². The lowest BCUT2D eigenvalue weighted by molar-refractivity contribution is 1.21. The van der Waals surface area contributed by atoms with Gasteiger partial charge in [-0.05, 0) is 41.8 Å². The fourth-order valence-electron chi connectivity index (χ4n) is 7.87. The van der Waals surface area contributed by atoms with Crippen molar-refractivity contribution in [2.45, 2.75) is 0 Å². The van der Waals surface area contributed by atoms with Crippen LogP contribution < -0.4 is 0 Å². The number of hydrogen-bond acceptors (Lipinski definition) is 1. The Hall–Kier alpha value is -5.38. The van der Waals surface area contributed by atoms with Crippen LogP contribution >= 0.6 is 11.3 Å². The number of thiophene rings is 1. The lowest BCUT2D eigenvalue weighted by Crippen LogP contribution is -1.95. The molecule has 11 aromatic rings. The molecule has 0 aliphatic carbocycles. The van der Waals surface area contributed by atoms with Gasteiger partial charge in [0.25, 0.3) is 0 Å². The molecule has 11 rings (SSSR count). The predicted octanol–water partition coefficient (Wildman–Crippen LogP) is 11.5. The SMILES string of the molecule is c1ccc2c(c1)sc1c(-n3c4ccccc4c4ccc5cc6c7cccc8c9ccccc9n(c6cc5c43)c87)cccc12. The highest BCUT2D eigenvalue weighted by atomic mass is 32.1. The van der Waals surface area contributed by atoms with Crippen molar-refractivity contribution in [1.82, 2.24) is 8.97 Å². The summed E-state index contributed by atoms with van der Waals surface area (Å²) in [5.74, 6) is 0. The first-order chi connectivity index (χ1) is 21.3. The van der Waals surface area contributed by atoms with Crippen LogP contribution in [0.5, 0.6) is 0 Å². The van der Waals surface area contributed by atoms with E-state index in [2.05, 4.69) is 142 Å². The first-order valence-corrected chi connectivity index (χ1v) is 15.6. The quantitative estimate of drug-likeness (QED) is 0.188. The maximum atomic E-state index is 2.53. The third-order valence-corrected chi connectivity index (χ3v) is 10.8. The Morgan fingerprint density at radius 2 is 1.05 bits per heavy atom. The van der Waals surface area contributed by atoms with E-state index < -0.39 is 0 Å². The minimum absolute atomic E-state index is 1.24. The summed E-state index contributed by atoms with van der Waals surface area (Å²) in [6.45, 7) is 0. The molecule has 43 heavy (non-hydrogen) atoms. The van der Waals surface area contributed by atoms with Crippen molar-refractivity contribution in [3.63, 3.8) is 0 Å². The Labute approximate surface area is 249 Å². The van der Waals surface area contributed by atoms with Crippen molar-refractivity contribution in [3.05, 3.63) is 133 Å². The van der Waals surface area contributed by atoms with Crippen molar-refractivity contribution in [2.24, 2.45) is 0 Å². The van der Waals surface area contributed by atoms with Gasteiger partial charge in [-0.3, -0.25) is 0 Å². The summed E-state index contributed by atoms with van der Waals surface area (Å²) in [4.78, 5) is 0. The Bertz CT molecular complexity index is 2950. The van der Waals surface area contributed by atoms with Crippen molar-refractivity contribution >= 4 is 102 Å². The van der Waals surface area contributed by atoms with Gasteiger partial charge in [0.2, 0.25) is 0 Å². The zero-order chi connectivity index (χ0) is 27.8. The molecule has 0 spiro atoms. The van der Waals surface area contributed by atoms with Crippen LogP contribution in [-0.4, -0.2) is 8.97 Å². The molecule has 0 saturated carbocycles. The molecule has 2 nitrogen and oxygen atoms in total. The second-order valence-electron chi connectivity index (χ2n) is 11.7. The van der Waals surface area contributed by atoms with Crippen LogP contribution in [-0.2, 0) is 0 Å². The maximum absolute atomic E-state index is 2.53. The Morgan fingerprint density at radius 1 is 0.395 bits per heavy atom. The maximum Gasteiger partial charge on any atom is 0.0641 e. The van der Waals surface area contributed by atoms with E-state index >= 15 is 0 Å². The minimum Gasteiger partial charge on any atom is -0.308 e. The molecular weight excluding hydrogens is 541 g/mol. The van der Waals surface area contributed by atoms with Crippen LogP contribution in [0.25, 0.3) is 96.5 Å². The van der Waals surface area contributed by atoms with Crippen LogP contribution in [0.15, 0.2) is 133 Å². The fourth-order valence-corrected chi connectivity index (χ4v) is 9.07. The molecule has 0 aliphatic heterocycles. The lowest BCUT2D eigenvalue weighted by Gasteiger charge is -2.12. The summed E-state index contributed by atoms with van der Waals surface area (Å²) in [6.07, 6.45) is 0. The molecule has 4 aromatic heterocycles. The van der Waals surface area contributed by atoms with Gasteiger partial charge in [-0.15, -0.1) is 11.3 Å². The van der Waals surface area contributed by atoms with Gasteiger partial charge >= 0.3 is 0 Å². The number of benzene rings is 7. The number of rotatable bonds is 1. The largest absolute Gasteiger partial charge is 0.308 e. The molecule has 0 unspecified atom stereocenters. The normalized spacial score (nSPS) is 12.7. The van der Waals surface area contributed by atoms with E-state index in [1.807, 2.05) is 11.3 Å². The van der Waals surface area contributed by atoms with Gasteiger partial charge in [0.1, 0.15) is 0 Å². The molecule has 0 saturated heterocycles. The van der Waals surface area contributed by atoms with Gasteiger partial charge in [-0.1, -0.05) is 97.1 Å². The van der Waals surface area contributed by atoms with E-state index in [0.29, 0.717) is 0 Å². The van der Waals surface area contributed by atoms with E-state index in [1.165, 1.54) is 96.5 Å². The minimum atomic E-state index is 1.24. The summed E-state index contributed by atoms with van der Waals surface area (Å²) in [7, 11) is 0. The molecule has 0 radical (unpaired) electrons. The number of aromatic nitrogens is 2. The molecule has 0 amide bonds. The van der Waals surface area contributed by atoms with E-state index in [4.69, 9.17) is 0 Å². The first kappa shape index (κ1) is 22.2. The standard InChI is InChI=1S/C40H22N2S/c1-5-16-34-24(9-1)27-12-7-13-28-32-21-23-19-20-29-25-10-2-4-15-33(25)41(39(29)31(23)22-36(32)42(34)38(27)28)35-17-8-14-30-26-11-3-6-18-37(26)43-40(30)35/h1-22H. The number of fused-ring (bicyclic) bond motifs is 14. The Kier molecular flexibility index (Phi) is 3.99. The molecule has 7 aromatic carbocycles. The zero-order valence-corrected chi connectivity index (χ0v) is 23.8. The second kappa shape index (κ2) is 7.71. The van der Waals surface area contributed by atoms with Crippen LogP contribution in [0, 0.1) is 0 Å². The van der Waals surface area contributed by atoms with Gasteiger partial charge in [0.15, 0.2) is 0 Å². The van der Waals surface area contributed by atoms with Gasteiger partial charge < -0.3 is 8.97 Å². The first-order valence-electron chi connectivity index (χ1n) is 14.8. The van der Waals surface area contributed by atoms with Crippen LogP contribution in [0.2, 0.25) is 0 Å². The van der Waals surface area contributed by atoms with Gasteiger partial charge in [-0.25, -0.2) is 0 Å². The molecule has 0 aliphatic rings. The molecule has 0 atom stereocenters. The average Bonchev–Trinajstić information content (AvgIpc) is 3.79. The van der Waals surface area contributed by atoms with E-state index in [-0.39, 0.29) is 0 Å². The van der Waals surface area contributed by atoms with Crippen LogP contribution in [0.1, 0.15) is 0 Å². The summed E-state index contributed by atoms with van der Waals surface area (Å²) < 4.78 is 7.68. The van der Waals surface area contributed by atoms with E-state index in [0.717, 1.165) is 0 Å². The Balaban J connectivity index is 1.37. The molecule has 0 N–H and O–H groups in total. The summed E-state index contributed by atoms with van der Waals surface area (Å²) in [5.41, 5.74) is 7.62. The number of para-hydroxylation sites is 3. The third-order valence-electron chi connectivity index (χ3n) is 9.62. The topological polar surface area (TPSA) is 9.34 Å². The van der Waals surface area contributed by atoms with Gasteiger partial charge in [-0.2, -0.15) is 0 Å². The van der Waals surface area contributed by atoms with Crippen molar-refractivity contribution in [3.8, 4) is 5.69 Å². The average molecular weight is 563 g/mol. The predicted molar refractivity (Wildman–Crippen MR) is 186 cm³/mol. The smallest absolute Gasteiger partial charge is 0.0641 e. The highest BCUT2D eigenvalue weighted by Crippen LogP contribution is 2.45. The van der Waals surface area contributed by atoms with Crippen molar-refractivity contribution in [1.29, 1.82) is 0 Å². The summed E-state index contributed by atoms with van der Waals surface area (Å²) in [5, 5.41) is 13.0. The molecule has 4 heterocycles. The van der Waals surface area contributed by atoms with Crippen molar-refractivity contribution in [2.75, 3.05) is 0 Å². The number of nitrogens with zero attached hydrogens (tertiary/aromatic N) is 2. The monoisotopic (exact) mass is 562 g/mol. The molecule has 0 bridgehead atoms. The lowest BCUT2D eigenvalue weighted by atomic mass is 10.0. The van der Waals surface area contributed by atoms with E-state index in [9.17, 15) is 0 Å². The number of hydrogen-bond donors (Lipinski definition) is 0. The van der Waals surface area contributed by atoms with Crippen molar-refractivity contribution < 1.29 is 0 Å². The molecule has 0 fully saturated rings. The fraction of sp³-hybridized carbons (Fsp3) is 0. The third kappa shape index (κ3) is 2.65. The molecule has 198 valence electrons. The zero-order valence-electron chi connectivity index (χ0n) is 23.0. The molecular formula is C40H22N2S.